The predicted molar refractivity (Wildman–Crippen MR) is 66.6 cm³/mol. The number of hydrogen-bond acceptors (Lipinski definition) is 4. The Kier molecular flexibility index (Phi) is 6.81. The summed E-state index contributed by atoms with van der Waals surface area (Å²) in [5.74, 6) is 0. The maximum absolute atomic E-state index is 9.53. The van der Waals surface area contributed by atoms with E-state index in [1.807, 2.05) is 31.2 Å². The Morgan fingerprint density at radius 1 is 1.35 bits per heavy atom. The highest BCUT2D eigenvalue weighted by atomic mass is 16.5. The first-order chi connectivity index (χ1) is 8.26. The number of nitrogens with one attached hydrogen (secondary N) is 1. The zero-order chi connectivity index (χ0) is 12.5. The van der Waals surface area contributed by atoms with Gasteiger partial charge in [-0.3, -0.25) is 0 Å². The van der Waals surface area contributed by atoms with E-state index in [9.17, 15) is 5.11 Å². The van der Waals surface area contributed by atoms with E-state index in [4.69, 9.17) is 9.84 Å². The molecule has 0 aliphatic carbocycles. The highest BCUT2D eigenvalue weighted by Crippen LogP contribution is 2.04. The third kappa shape index (κ3) is 5.79. The fraction of sp³-hybridized carbons (Fsp3) is 0.538. The number of rotatable bonds is 8. The van der Waals surface area contributed by atoms with Gasteiger partial charge in [0.25, 0.3) is 0 Å². The van der Waals surface area contributed by atoms with Crippen molar-refractivity contribution in [1.29, 1.82) is 0 Å². The zero-order valence-electron chi connectivity index (χ0n) is 10.2. The number of aliphatic hydroxyl groups excluding tert-OH is 2. The van der Waals surface area contributed by atoms with Crippen LogP contribution < -0.4 is 5.32 Å². The molecule has 0 fully saturated rings. The standard InChI is InChI=1S/C13H21NO3/c1-2-17-10-13(16)8-14-7-11-4-3-5-12(6-11)9-15/h3-6,13-16H,2,7-10H2,1H3. The molecule has 1 unspecified atom stereocenters. The van der Waals surface area contributed by atoms with Gasteiger partial charge in [-0.1, -0.05) is 24.3 Å². The summed E-state index contributed by atoms with van der Waals surface area (Å²) >= 11 is 0. The van der Waals surface area contributed by atoms with E-state index in [2.05, 4.69) is 5.32 Å². The molecule has 0 bridgehead atoms. The fourth-order valence-corrected chi connectivity index (χ4v) is 1.53. The molecule has 3 N–H and O–H groups in total. The monoisotopic (exact) mass is 239 g/mol. The normalized spacial score (nSPS) is 12.6. The first-order valence-corrected chi connectivity index (χ1v) is 5.91. The number of benzene rings is 1. The molecule has 96 valence electrons. The summed E-state index contributed by atoms with van der Waals surface area (Å²) in [4.78, 5) is 0. The molecule has 4 nitrogen and oxygen atoms in total. The molecule has 1 aromatic rings. The van der Waals surface area contributed by atoms with Gasteiger partial charge in [0.05, 0.1) is 19.3 Å². The molecule has 1 aromatic carbocycles. The molecule has 0 heterocycles. The van der Waals surface area contributed by atoms with Crippen LogP contribution in [0.2, 0.25) is 0 Å². The van der Waals surface area contributed by atoms with E-state index in [1.54, 1.807) is 0 Å². The van der Waals surface area contributed by atoms with Crippen LogP contribution in [0.3, 0.4) is 0 Å². The van der Waals surface area contributed by atoms with Gasteiger partial charge in [0.15, 0.2) is 0 Å². The topological polar surface area (TPSA) is 61.7 Å². The highest BCUT2D eigenvalue weighted by molar-refractivity contribution is 5.22. The van der Waals surface area contributed by atoms with Crippen LogP contribution in [0.5, 0.6) is 0 Å². The van der Waals surface area contributed by atoms with E-state index in [0.717, 1.165) is 11.1 Å². The van der Waals surface area contributed by atoms with Gasteiger partial charge >= 0.3 is 0 Å². The van der Waals surface area contributed by atoms with E-state index >= 15 is 0 Å². The summed E-state index contributed by atoms with van der Waals surface area (Å²) < 4.78 is 5.11. The Labute approximate surface area is 102 Å². The van der Waals surface area contributed by atoms with Crippen molar-refractivity contribution < 1.29 is 14.9 Å². The number of ether oxygens (including phenoxy) is 1. The summed E-state index contributed by atoms with van der Waals surface area (Å²) in [5, 5.41) is 21.7. The summed E-state index contributed by atoms with van der Waals surface area (Å²) in [7, 11) is 0. The van der Waals surface area contributed by atoms with Crippen LogP contribution in [0.1, 0.15) is 18.1 Å². The second-order valence-corrected chi connectivity index (χ2v) is 3.92. The molecule has 17 heavy (non-hydrogen) atoms. The van der Waals surface area contributed by atoms with Crippen LogP contribution in [-0.4, -0.2) is 36.1 Å². The fourth-order valence-electron chi connectivity index (χ4n) is 1.53. The third-order valence-electron chi connectivity index (χ3n) is 2.40. The maximum Gasteiger partial charge on any atom is 0.0897 e. The average molecular weight is 239 g/mol. The minimum atomic E-state index is -0.476. The van der Waals surface area contributed by atoms with Gasteiger partial charge in [-0.2, -0.15) is 0 Å². The maximum atomic E-state index is 9.53. The van der Waals surface area contributed by atoms with Crippen LogP contribution in [0.25, 0.3) is 0 Å². The minimum Gasteiger partial charge on any atom is -0.392 e. The predicted octanol–water partition coefficient (Wildman–Crippen LogP) is 0.666. The van der Waals surface area contributed by atoms with Gasteiger partial charge in [-0.05, 0) is 18.1 Å². The van der Waals surface area contributed by atoms with Crippen LogP contribution >= 0.6 is 0 Å². The molecule has 0 saturated heterocycles. The van der Waals surface area contributed by atoms with Gasteiger partial charge in [-0.15, -0.1) is 0 Å². The highest BCUT2D eigenvalue weighted by Gasteiger charge is 2.03. The summed E-state index contributed by atoms with van der Waals surface area (Å²) in [6.07, 6.45) is -0.476. The summed E-state index contributed by atoms with van der Waals surface area (Å²) in [6, 6.07) is 7.73. The van der Waals surface area contributed by atoms with Crippen molar-refractivity contribution in [1.82, 2.24) is 5.32 Å². The van der Waals surface area contributed by atoms with Gasteiger partial charge in [-0.25, -0.2) is 0 Å². The SMILES string of the molecule is CCOCC(O)CNCc1cccc(CO)c1. The van der Waals surface area contributed by atoms with Gasteiger partial charge in [0.2, 0.25) is 0 Å². The average Bonchev–Trinajstić information content (AvgIpc) is 2.36. The molecule has 0 aliphatic heterocycles. The lowest BCUT2D eigenvalue weighted by atomic mass is 10.1. The van der Waals surface area contributed by atoms with Crippen molar-refractivity contribution in [2.24, 2.45) is 0 Å². The second-order valence-electron chi connectivity index (χ2n) is 3.92. The van der Waals surface area contributed by atoms with Gasteiger partial charge < -0.3 is 20.3 Å². The van der Waals surface area contributed by atoms with Crippen molar-refractivity contribution in [3.8, 4) is 0 Å². The van der Waals surface area contributed by atoms with E-state index < -0.39 is 6.10 Å². The molecule has 4 heteroatoms. The van der Waals surface area contributed by atoms with E-state index in [-0.39, 0.29) is 6.61 Å². The van der Waals surface area contributed by atoms with E-state index in [1.165, 1.54) is 0 Å². The van der Waals surface area contributed by atoms with Gasteiger partial charge in [0.1, 0.15) is 0 Å². The Morgan fingerprint density at radius 3 is 2.82 bits per heavy atom. The first kappa shape index (κ1) is 14.1. The molecule has 0 amide bonds. The Bertz CT molecular complexity index is 317. The van der Waals surface area contributed by atoms with Crippen molar-refractivity contribution in [2.75, 3.05) is 19.8 Å². The van der Waals surface area contributed by atoms with Crippen LogP contribution in [0.4, 0.5) is 0 Å². The summed E-state index contributed by atoms with van der Waals surface area (Å²) in [5.41, 5.74) is 2.00. The van der Waals surface area contributed by atoms with Crippen LogP contribution in [-0.2, 0) is 17.9 Å². The zero-order valence-corrected chi connectivity index (χ0v) is 10.2. The number of hydrogen-bond donors (Lipinski definition) is 3. The Hall–Kier alpha value is -0.940. The number of aliphatic hydroxyl groups is 2. The smallest absolute Gasteiger partial charge is 0.0897 e. The molecule has 1 rings (SSSR count). The lowest BCUT2D eigenvalue weighted by molar-refractivity contribution is 0.0427. The van der Waals surface area contributed by atoms with Crippen LogP contribution in [0, 0.1) is 0 Å². The first-order valence-electron chi connectivity index (χ1n) is 5.91. The molecule has 0 spiro atoms. The van der Waals surface area contributed by atoms with E-state index in [0.29, 0.717) is 26.3 Å². The van der Waals surface area contributed by atoms with Crippen molar-refractivity contribution in [2.45, 2.75) is 26.2 Å². The molecule has 0 saturated carbocycles. The molecule has 1 atom stereocenters. The van der Waals surface area contributed by atoms with Crippen molar-refractivity contribution in [3.63, 3.8) is 0 Å². The lowest BCUT2D eigenvalue weighted by Crippen LogP contribution is -2.30. The Balaban J connectivity index is 2.25. The second kappa shape index (κ2) is 8.20. The molecular formula is C13H21NO3. The van der Waals surface area contributed by atoms with Crippen molar-refractivity contribution in [3.05, 3.63) is 35.4 Å². The van der Waals surface area contributed by atoms with Crippen LogP contribution in [0.15, 0.2) is 24.3 Å². The quantitative estimate of drug-likeness (QED) is 0.624. The van der Waals surface area contributed by atoms with Crippen molar-refractivity contribution >= 4 is 0 Å². The molecule has 0 aliphatic rings. The molecule has 0 radical (unpaired) electrons. The largest absolute Gasteiger partial charge is 0.392 e. The Morgan fingerprint density at radius 2 is 2.12 bits per heavy atom. The third-order valence-corrected chi connectivity index (χ3v) is 2.40. The minimum absolute atomic E-state index is 0.0564. The lowest BCUT2D eigenvalue weighted by Gasteiger charge is -2.11. The van der Waals surface area contributed by atoms with Gasteiger partial charge in [0, 0.05) is 19.7 Å². The molecule has 0 aromatic heterocycles. The summed E-state index contributed by atoms with van der Waals surface area (Å²) in [6.45, 7) is 4.12. The molecular weight excluding hydrogens is 218 g/mol.